The molecule has 2 amide bonds. The van der Waals surface area contributed by atoms with Gasteiger partial charge in [-0.3, -0.25) is 9.59 Å². The molecule has 6 nitrogen and oxygen atoms in total. The molecular weight excluding hydrogens is 436 g/mol. The zero-order valence-corrected chi connectivity index (χ0v) is 18.8. The fraction of sp³-hybridized carbons (Fsp3) is 0.115. The van der Waals surface area contributed by atoms with E-state index in [0.717, 1.165) is 22.9 Å². The number of nitrogens with one attached hydrogen (secondary N) is 1. The van der Waals surface area contributed by atoms with Gasteiger partial charge in [-0.15, -0.1) is 0 Å². The van der Waals surface area contributed by atoms with Crippen molar-refractivity contribution in [1.29, 1.82) is 0 Å². The highest BCUT2D eigenvalue weighted by atomic mass is 32.2. The van der Waals surface area contributed by atoms with E-state index < -0.39 is 5.91 Å². The number of amides is 2. The Bertz CT molecular complexity index is 1210. The summed E-state index contributed by atoms with van der Waals surface area (Å²) in [7, 11) is 0. The minimum absolute atomic E-state index is 0.257. The summed E-state index contributed by atoms with van der Waals surface area (Å²) in [4.78, 5) is 29.1. The summed E-state index contributed by atoms with van der Waals surface area (Å²) in [6, 6.07) is 24.1. The lowest BCUT2D eigenvalue weighted by Crippen LogP contribution is -2.20. The Hall–Kier alpha value is -3.84. The largest absolute Gasteiger partial charge is 0.490 e. The van der Waals surface area contributed by atoms with E-state index in [1.54, 1.807) is 30.3 Å². The van der Waals surface area contributed by atoms with E-state index in [1.165, 1.54) is 0 Å². The number of rotatable bonds is 7. The average molecular weight is 459 g/mol. The fourth-order valence-corrected chi connectivity index (χ4v) is 3.93. The molecule has 0 bridgehead atoms. The number of amidine groups is 1. The molecule has 1 aliphatic rings. The standard InChI is InChI=1S/C26H22N2O4S/c1-2-31-22-15-19(13-14-21(22)32-17-18-9-5-3-6-10-18)16-23-25(30)28-26(33-23)27-24(29)20-11-7-4-8-12-20/h3-16H,2,17H2,1H3,(H,27,28,29,30)/b23-16-. The molecule has 4 rings (SSSR count). The summed E-state index contributed by atoms with van der Waals surface area (Å²) in [5, 5.41) is 2.90. The molecule has 33 heavy (non-hydrogen) atoms. The van der Waals surface area contributed by atoms with Crippen LogP contribution in [0.5, 0.6) is 11.5 Å². The van der Waals surface area contributed by atoms with Crippen molar-refractivity contribution >= 4 is 34.8 Å². The quantitative estimate of drug-likeness (QED) is 0.501. The Balaban J connectivity index is 1.49. The molecule has 166 valence electrons. The molecule has 0 radical (unpaired) electrons. The topological polar surface area (TPSA) is 77.0 Å². The van der Waals surface area contributed by atoms with Gasteiger partial charge in [0, 0.05) is 5.56 Å². The van der Waals surface area contributed by atoms with Gasteiger partial charge < -0.3 is 14.8 Å². The van der Waals surface area contributed by atoms with Crippen molar-refractivity contribution in [3.63, 3.8) is 0 Å². The van der Waals surface area contributed by atoms with Crippen LogP contribution >= 0.6 is 11.8 Å². The third-order valence-corrected chi connectivity index (χ3v) is 5.59. The van der Waals surface area contributed by atoms with Gasteiger partial charge in [-0.1, -0.05) is 54.6 Å². The van der Waals surface area contributed by atoms with Crippen LogP contribution in [0.2, 0.25) is 0 Å². The number of thioether (sulfide) groups is 1. The van der Waals surface area contributed by atoms with Crippen molar-refractivity contribution < 1.29 is 19.1 Å². The summed E-state index contributed by atoms with van der Waals surface area (Å²) in [5.74, 6) is 0.515. The van der Waals surface area contributed by atoms with Crippen LogP contribution in [0.3, 0.4) is 0 Å². The van der Waals surface area contributed by atoms with Crippen LogP contribution in [0, 0.1) is 0 Å². The molecule has 1 fully saturated rings. The molecule has 3 aromatic carbocycles. The molecule has 0 atom stereocenters. The van der Waals surface area contributed by atoms with E-state index >= 15 is 0 Å². The number of ether oxygens (including phenoxy) is 2. The monoisotopic (exact) mass is 458 g/mol. The lowest BCUT2D eigenvalue weighted by molar-refractivity contribution is -0.115. The first-order valence-electron chi connectivity index (χ1n) is 10.4. The molecular formula is C26H22N2O4S. The van der Waals surface area contributed by atoms with Crippen LogP contribution in [0.25, 0.3) is 6.08 Å². The van der Waals surface area contributed by atoms with E-state index in [9.17, 15) is 9.59 Å². The summed E-state index contributed by atoms with van der Waals surface area (Å²) >= 11 is 1.13. The van der Waals surface area contributed by atoms with E-state index in [0.29, 0.717) is 35.2 Å². The first kappa shape index (κ1) is 22.4. The van der Waals surface area contributed by atoms with Crippen molar-refractivity contribution in [3.8, 4) is 11.5 Å². The minimum Gasteiger partial charge on any atom is -0.490 e. The number of hydrogen-bond acceptors (Lipinski definition) is 5. The molecule has 0 unspecified atom stereocenters. The van der Waals surface area contributed by atoms with Crippen LogP contribution < -0.4 is 14.8 Å². The number of aliphatic imine (C=N–C) groups is 1. The number of benzene rings is 3. The van der Waals surface area contributed by atoms with E-state index in [2.05, 4.69) is 10.3 Å². The van der Waals surface area contributed by atoms with Gasteiger partial charge >= 0.3 is 0 Å². The Morgan fingerprint density at radius 3 is 2.42 bits per heavy atom. The zero-order chi connectivity index (χ0) is 23.0. The van der Waals surface area contributed by atoms with Gasteiger partial charge in [0.25, 0.3) is 11.8 Å². The number of hydrogen-bond donors (Lipinski definition) is 1. The Labute approximate surface area is 196 Å². The maximum Gasteiger partial charge on any atom is 0.279 e. The maximum absolute atomic E-state index is 12.4. The van der Waals surface area contributed by atoms with Crippen molar-refractivity contribution in [3.05, 3.63) is 100 Å². The predicted octanol–water partition coefficient (Wildman–Crippen LogP) is 5.06. The molecule has 0 saturated carbocycles. The highest BCUT2D eigenvalue weighted by Crippen LogP contribution is 2.32. The normalized spacial score (nSPS) is 15.5. The van der Waals surface area contributed by atoms with Gasteiger partial charge in [0.2, 0.25) is 0 Å². The molecule has 0 aromatic heterocycles. The first-order chi connectivity index (χ1) is 16.1. The second kappa shape index (κ2) is 10.7. The molecule has 1 saturated heterocycles. The van der Waals surface area contributed by atoms with Gasteiger partial charge in [0.05, 0.1) is 11.5 Å². The summed E-state index contributed by atoms with van der Waals surface area (Å²) in [5.41, 5.74) is 2.30. The summed E-state index contributed by atoms with van der Waals surface area (Å²) in [6.45, 7) is 2.81. The summed E-state index contributed by atoms with van der Waals surface area (Å²) < 4.78 is 11.7. The minimum atomic E-state index is -0.404. The van der Waals surface area contributed by atoms with Crippen molar-refractivity contribution in [2.75, 3.05) is 6.61 Å². The van der Waals surface area contributed by atoms with Gasteiger partial charge in [0.15, 0.2) is 16.7 Å². The molecule has 1 N–H and O–H groups in total. The third kappa shape index (κ3) is 5.90. The average Bonchev–Trinajstić information content (AvgIpc) is 3.18. The molecule has 1 heterocycles. The second-order valence-electron chi connectivity index (χ2n) is 7.07. The van der Waals surface area contributed by atoms with Crippen LogP contribution in [0.15, 0.2) is 88.8 Å². The van der Waals surface area contributed by atoms with E-state index in [-0.39, 0.29) is 11.1 Å². The second-order valence-corrected chi connectivity index (χ2v) is 8.10. The van der Waals surface area contributed by atoms with Crippen molar-refractivity contribution in [1.82, 2.24) is 5.32 Å². The van der Waals surface area contributed by atoms with E-state index in [1.807, 2.05) is 61.5 Å². The SMILES string of the molecule is CCOc1cc(/C=C2\SC(=NC(=O)c3ccccc3)NC2=O)ccc1OCc1ccccc1. The maximum atomic E-state index is 12.4. The molecule has 0 aliphatic carbocycles. The van der Waals surface area contributed by atoms with E-state index in [4.69, 9.17) is 9.47 Å². The van der Waals surface area contributed by atoms with Gasteiger partial charge in [-0.25, -0.2) is 0 Å². The number of nitrogens with zero attached hydrogens (tertiary/aromatic N) is 1. The molecule has 1 aliphatic heterocycles. The number of carbonyl (C=O) groups is 2. The fourth-order valence-electron chi connectivity index (χ4n) is 3.11. The smallest absolute Gasteiger partial charge is 0.279 e. The van der Waals surface area contributed by atoms with Crippen LogP contribution in [-0.4, -0.2) is 23.6 Å². The molecule has 7 heteroatoms. The summed E-state index contributed by atoms with van der Waals surface area (Å²) in [6.07, 6.45) is 1.74. The Morgan fingerprint density at radius 2 is 1.70 bits per heavy atom. The lowest BCUT2D eigenvalue weighted by atomic mass is 10.2. The Kier molecular flexibility index (Phi) is 7.22. The van der Waals surface area contributed by atoms with Crippen molar-refractivity contribution in [2.24, 2.45) is 4.99 Å². The van der Waals surface area contributed by atoms with Crippen LogP contribution in [-0.2, 0) is 11.4 Å². The first-order valence-corrected chi connectivity index (χ1v) is 11.3. The van der Waals surface area contributed by atoms with Gasteiger partial charge in [-0.05, 0) is 60.2 Å². The van der Waals surface area contributed by atoms with Crippen LogP contribution in [0.4, 0.5) is 0 Å². The highest BCUT2D eigenvalue weighted by Gasteiger charge is 2.25. The predicted molar refractivity (Wildman–Crippen MR) is 130 cm³/mol. The lowest BCUT2D eigenvalue weighted by Gasteiger charge is -2.13. The third-order valence-electron chi connectivity index (χ3n) is 4.68. The van der Waals surface area contributed by atoms with Crippen molar-refractivity contribution in [2.45, 2.75) is 13.5 Å². The zero-order valence-electron chi connectivity index (χ0n) is 18.0. The molecule has 3 aromatic rings. The number of carbonyl (C=O) groups excluding carboxylic acids is 2. The van der Waals surface area contributed by atoms with Gasteiger partial charge in [0.1, 0.15) is 6.61 Å². The molecule has 0 spiro atoms. The van der Waals surface area contributed by atoms with Gasteiger partial charge in [-0.2, -0.15) is 4.99 Å². The Morgan fingerprint density at radius 1 is 0.970 bits per heavy atom. The van der Waals surface area contributed by atoms with Crippen LogP contribution in [0.1, 0.15) is 28.4 Å². The highest BCUT2D eigenvalue weighted by molar-refractivity contribution is 8.18.